The summed E-state index contributed by atoms with van der Waals surface area (Å²) >= 11 is 0. The van der Waals surface area contributed by atoms with Crippen molar-refractivity contribution in [2.24, 2.45) is 0 Å². The van der Waals surface area contributed by atoms with Gasteiger partial charge < -0.3 is 5.32 Å². The molecule has 1 amide bonds. The van der Waals surface area contributed by atoms with E-state index in [4.69, 9.17) is 0 Å². The summed E-state index contributed by atoms with van der Waals surface area (Å²) in [5, 5.41) is 2.82. The molecule has 0 saturated heterocycles. The highest BCUT2D eigenvalue weighted by Gasteiger charge is 2.17. The Morgan fingerprint density at radius 3 is 2.94 bits per heavy atom. The average Bonchev–Trinajstić information content (AvgIpc) is 2.69. The van der Waals surface area contributed by atoms with Gasteiger partial charge in [0.2, 0.25) is 5.91 Å². The molecule has 0 spiro atoms. The second-order valence-corrected chi connectivity index (χ2v) is 3.84. The number of nitrogens with one attached hydrogen (secondary N) is 1. The van der Waals surface area contributed by atoms with Crippen LogP contribution in [0.3, 0.4) is 0 Å². The first-order chi connectivity index (χ1) is 7.83. The van der Waals surface area contributed by atoms with E-state index < -0.39 is 0 Å². The highest BCUT2D eigenvalue weighted by molar-refractivity contribution is 5.99. The van der Waals surface area contributed by atoms with Crippen molar-refractivity contribution < 1.29 is 4.79 Å². The fraction of sp³-hybridized carbons (Fsp3) is 0.0769. The summed E-state index contributed by atoms with van der Waals surface area (Å²) in [5.74, 6) is 0.0679. The summed E-state index contributed by atoms with van der Waals surface area (Å²) in [6, 6.07) is 9.92. The molecule has 3 heteroatoms. The van der Waals surface area contributed by atoms with Gasteiger partial charge >= 0.3 is 0 Å². The molecule has 1 aliphatic heterocycles. The molecule has 0 aliphatic carbocycles. The van der Waals surface area contributed by atoms with Gasteiger partial charge in [0, 0.05) is 18.1 Å². The molecule has 0 unspecified atom stereocenters. The van der Waals surface area contributed by atoms with Crippen LogP contribution in [0.2, 0.25) is 0 Å². The van der Waals surface area contributed by atoms with Crippen LogP contribution in [0.1, 0.15) is 5.56 Å². The first-order valence-corrected chi connectivity index (χ1v) is 5.16. The fourth-order valence-corrected chi connectivity index (χ4v) is 1.94. The Kier molecular flexibility index (Phi) is 1.96. The molecule has 1 aliphatic rings. The second-order valence-electron chi connectivity index (χ2n) is 3.84. The van der Waals surface area contributed by atoms with Crippen LogP contribution < -0.4 is 5.32 Å². The third-order valence-corrected chi connectivity index (χ3v) is 2.73. The third-order valence-electron chi connectivity index (χ3n) is 2.73. The molecule has 1 aromatic carbocycles. The van der Waals surface area contributed by atoms with Crippen molar-refractivity contribution >= 4 is 11.6 Å². The maximum Gasteiger partial charge on any atom is 0.228 e. The van der Waals surface area contributed by atoms with Gasteiger partial charge in [0.15, 0.2) is 0 Å². The highest BCUT2D eigenvalue weighted by atomic mass is 16.1. The maximum absolute atomic E-state index is 11.2. The van der Waals surface area contributed by atoms with Gasteiger partial charge in [0.05, 0.1) is 6.42 Å². The fourth-order valence-electron chi connectivity index (χ4n) is 1.94. The minimum absolute atomic E-state index is 0.0679. The zero-order valence-corrected chi connectivity index (χ0v) is 8.60. The van der Waals surface area contributed by atoms with Crippen LogP contribution in [0.25, 0.3) is 11.1 Å². The van der Waals surface area contributed by atoms with E-state index in [-0.39, 0.29) is 5.91 Å². The van der Waals surface area contributed by atoms with Crippen LogP contribution in [0, 0.1) is 0 Å². The van der Waals surface area contributed by atoms with E-state index in [2.05, 4.69) is 10.3 Å². The lowest BCUT2D eigenvalue weighted by Crippen LogP contribution is -2.03. The van der Waals surface area contributed by atoms with Crippen molar-refractivity contribution in [2.75, 3.05) is 5.32 Å². The molecule has 0 saturated carbocycles. The Morgan fingerprint density at radius 1 is 1.19 bits per heavy atom. The van der Waals surface area contributed by atoms with E-state index in [9.17, 15) is 4.79 Å². The number of amides is 1. The number of aromatic nitrogens is 1. The zero-order chi connectivity index (χ0) is 11.0. The van der Waals surface area contributed by atoms with Gasteiger partial charge in [-0.3, -0.25) is 9.78 Å². The summed E-state index contributed by atoms with van der Waals surface area (Å²) < 4.78 is 0. The first kappa shape index (κ1) is 9.09. The summed E-state index contributed by atoms with van der Waals surface area (Å²) in [6.07, 6.45) is 4.05. The van der Waals surface area contributed by atoms with Crippen molar-refractivity contribution in [3.05, 3.63) is 48.3 Å². The summed E-state index contributed by atoms with van der Waals surface area (Å²) in [7, 11) is 0. The Bertz CT molecular complexity index is 549. The molecule has 1 N–H and O–H groups in total. The number of carbonyl (C=O) groups is 1. The molecule has 2 aromatic rings. The lowest BCUT2D eigenvalue weighted by Gasteiger charge is -2.03. The van der Waals surface area contributed by atoms with E-state index in [1.807, 2.05) is 36.5 Å². The Labute approximate surface area is 93.1 Å². The number of pyridine rings is 1. The van der Waals surface area contributed by atoms with Gasteiger partial charge in [0.25, 0.3) is 0 Å². The van der Waals surface area contributed by atoms with Gasteiger partial charge in [-0.25, -0.2) is 0 Å². The lowest BCUT2D eigenvalue weighted by atomic mass is 10.0. The van der Waals surface area contributed by atoms with Gasteiger partial charge in [0.1, 0.15) is 0 Å². The smallest absolute Gasteiger partial charge is 0.228 e. The van der Waals surface area contributed by atoms with Crippen molar-refractivity contribution in [3.63, 3.8) is 0 Å². The molecule has 3 nitrogen and oxygen atoms in total. The second kappa shape index (κ2) is 3.45. The van der Waals surface area contributed by atoms with Crippen molar-refractivity contribution in [1.82, 2.24) is 4.98 Å². The SMILES string of the molecule is O=C1Cc2cc(-c3cccnc3)ccc2N1. The van der Waals surface area contributed by atoms with Gasteiger partial charge in [-0.15, -0.1) is 0 Å². The van der Waals surface area contributed by atoms with Crippen LogP contribution in [0.5, 0.6) is 0 Å². The number of rotatable bonds is 1. The molecule has 16 heavy (non-hydrogen) atoms. The molecule has 0 atom stereocenters. The van der Waals surface area contributed by atoms with Crippen molar-refractivity contribution in [3.8, 4) is 11.1 Å². The monoisotopic (exact) mass is 210 g/mol. The predicted molar refractivity (Wildman–Crippen MR) is 62.0 cm³/mol. The molecule has 0 fully saturated rings. The molecule has 1 aromatic heterocycles. The molecule has 0 bridgehead atoms. The van der Waals surface area contributed by atoms with Crippen LogP contribution in [-0.2, 0) is 11.2 Å². The topological polar surface area (TPSA) is 42.0 Å². The van der Waals surface area contributed by atoms with Crippen LogP contribution in [-0.4, -0.2) is 10.9 Å². The number of nitrogens with zero attached hydrogens (tertiary/aromatic N) is 1. The summed E-state index contributed by atoms with van der Waals surface area (Å²) in [5.41, 5.74) is 4.16. The normalized spacial score (nSPS) is 13.4. The van der Waals surface area contributed by atoms with Crippen LogP contribution in [0.4, 0.5) is 5.69 Å². The maximum atomic E-state index is 11.2. The average molecular weight is 210 g/mol. The van der Waals surface area contributed by atoms with E-state index in [1.165, 1.54) is 0 Å². The van der Waals surface area contributed by atoms with Gasteiger partial charge in [-0.2, -0.15) is 0 Å². The van der Waals surface area contributed by atoms with E-state index in [0.717, 1.165) is 22.4 Å². The molecular formula is C13H10N2O. The number of carbonyl (C=O) groups excluding carboxylic acids is 1. The lowest BCUT2D eigenvalue weighted by molar-refractivity contribution is -0.115. The standard InChI is InChI=1S/C13H10N2O/c16-13-7-11-6-9(3-4-12(11)15-13)10-2-1-5-14-8-10/h1-6,8H,7H2,(H,15,16). The number of fused-ring (bicyclic) bond motifs is 1. The predicted octanol–water partition coefficient (Wildman–Crippen LogP) is 2.24. The number of anilines is 1. The molecule has 3 rings (SSSR count). The van der Waals surface area contributed by atoms with E-state index in [1.54, 1.807) is 6.20 Å². The van der Waals surface area contributed by atoms with Gasteiger partial charge in [-0.1, -0.05) is 12.1 Å². The van der Waals surface area contributed by atoms with Crippen molar-refractivity contribution in [1.29, 1.82) is 0 Å². The Hall–Kier alpha value is -2.16. The highest BCUT2D eigenvalue weighted by Crippen LogP contribution is 2.28. The summed E-state index contributed by atoms with van der Waals surface area (Å²) in [4.78, 5) is 15.3. The number of benzene rings is 1. The first-order valence-electron chi connectivity index (χ1n) is 5.16. The Balaban J connectivity index is 2.06. The van der Waals surface area contributed by atoms with Crippen LogP contribution >= 0.6 is 0 Å². The van der Waals surface area contributed by atoms with Crippen molar-refractivity contribution in [2.45, 2.75) is 6.42 Å². The zero-order valence-electron chi connectivity index (χ0n) is 8.60. The third kappa shape index (κ3) is 1.46. The van der Waals surface area contributed by atoms with Gasteiger partial charge in [-0.05, 0) is 34.9 Å². The molecular weight excluding hydrogens is 200 g/mol. The molecule has 78 valence electrons. The Morgan fingerprint density at radius 2 is 2.12 bits per heavy atom. The minimum atomic E-state index is 0.0679. The van der Waals surface area contributed by atoms with E-state index in [0.29, 0.717) is 6.42 Å². The quantitative estimate of drug-likeness (QED) is 0.784. The number of hydrogen-bond donors (Lipinski definition) is 1. The van der Waals surface area contributed by atoms with E-state index >= 15 is 0 Å². The van der Waals surface area contributed by atoms with Crippen LogP contribution in [0.15, 0.2) is 42.7 Å². The number of hydrogen-bond acceptors (Lipinski definition) is 2. The molecule has 2 heterocycles. The largest absolute Gasteiger partial charge is 0.326 e. The minimum Gasteiger partial charge on any atom is -0.326 e. The summed E-state index contributed by atoms with van der Waals surface area (Å²) in [6.45, 7) is 0. The molecule has 0 radical (unpaired) electrons.